The molecule has 3 aromatic rings. The van der Waals surface area contributed by atoms with Crippen LogP contribution in [-0.2, 0) is 4.79 Å². The summed E-state index contributed by atoms with van der Waals surface area (Å²) in [5, 5.41) is 9.85. The van der Waals surface area contributed by atoms with Crippen molar-refractivity contribution in [2.45, 2.75) is 26.3 Å². The number of nitrogens with one attached hydrogen (secondary N) is 2. The lowest BCUT2D eigenvalue weighted by atomic mass is 10.1. The van der Waals surface area contributed by atoms with E-state index < -0.39 is 0 Å². The first kappa shape index (κ1) is 17.6. The van der Waals surface area contributed by atoms with Crippen molar-refractivity contribution in [1.82, 2.24) is 25.2 Å². The molecule has 0 bridgehead atoms. The Morgan fingerprint density at radius 3 is 2.65 bits per heavy atom. The lowest BCUT2D eigenvalue weighted by molar-refractivity contribution is -0.121. The molecule has 134 valence electrons. The van der Waals surface area contributed by atoms with Crippen LogP contribution in [0.4, 0.5) is 0 Å². The van der Waals surface area contributed by atoms with Crippen LogP contribution in [0.2, 0.25) is 0 Å². The molecular weight excluding hydrogens is 330 g/mol. The van der Waals surface area contributed by atoms with E-state index in [2.05, 4.69) is 20.7 Å². The first-order chi connectivity index (χ1) is 12.6. The van der Waals surface area contributed by atoms with Crippen molar-refractivity contribution in [2.24, 2.45) is 0 Å². The number of rotatable bonds is 6. The Hall–Kier alpha value is -3.22. The molecule has 0 radical (unpaired) electrons. The van der Waals surface area contributed by atoms with Crippen LogP contribution in [-0.4, -0.2) is 39.0 Å². The summed E-state index contributed by atoms with van der Waals surface area (Å²) >= 11 is 0. The predicted octanol–water partition coefficient (Wildman–Crippen LogP) is 2.04. The maximum atomic E-state index is 12.4. The van der Waals surface area contributed by atoms with Crippen LogP contribution in [0.1, 0.15) is 30.6 Å². The van der Waals surface area contributed by atoms with E-state index in [0.29, 0.717) is 11.2 Å². The first-order valence-electron chi connectivity index (χ1n) is 8.52. The maximum Gasteiger partial charge on any atom is 0.256 e. The topological polar surface area (TPSA) is 88.4 Å². The van der Waals surface area contributed by atoms with E-state index in [1.54, 1.807) is 10.7 Å². The highest BCUT2D eigenvalue weighted by molar-refractivity contribution is 6.00. The maximum absolute atomic E-state index is 12.4. The van der Waals surface area contributed by atoms with E-state index in [4.69, 9.17) is 0 Å². The highest BCUT2D eigenvalue weighted by atomic mass is 16.2. The largest absolute Gasteiger partial charge is 0.354 e. The third kappa shape index (κ3) is 3.88. The fourth-order valence-corrected chi connectivity index (χ4v) is 2.66. The Balaban J connectivity index is 1.75. The quantitative estimate of drug-likeness (QED) is 0.711. The number of carbonyl (C=O) groups excluding carboxylic acids is 2. The van der Waals surface area contributed by atoms with Gasteiger partial charge in [0.2, 0.25) is 5.91 Å². The molecule has 3 rings (SSSR count). The van der Waals surface area contributed by atoms with Gasteiger partial charge in [-0.15, -0.1) is 0 Å². The molecule has 0 aliphatic heterocycles. The molecule has 0 aliphatic carbocycles. The smallest absolute Gasteiger partial charge is 0.256 e. The Labute approximate surface area is 151 Å². The van der Waals surface area contributed by atoms with E-state index in [-0.39, 0.29) is 30.8 Å². The number of hydrogen-bond acceptors (Lipinski definition) is 4. The molecule has 0 atom stereocenters. The molecule has 7 heteroatoms. The molecule has 0 saturated carbocycles. The molecule has 0 aliphatic rings. The van der Waals surface area contributed by atoms with Gasteiger partial charge in [-0.05, 0) is 19.9 Å². The average molecular weight is 351 g/mol. The fourth-order valence-electron chi connectivity index (χ4n) is 2.66. The van der Waals surface area contributed by atoms with Crippen molar-refractivity contribution in [2.75, 3.05) is 6.54 Å². The molecule has 0 unspecified atom stereocenters. The zero-order valence-corrected chi connectivity index (χ0v) is 14.8. The molecule has 1 aromatic carbocycles. The molecule has 2 N–H and O–H groups in total. The van der Waals surface area contributed by atoms with Crippen molar-refractivity contribution >= 4 is 17.5 Å². The van der Waals surface area contributed by atoms with E-state index in [9.17, 15) is 9.59 Å². The summed E-state index contributed by atoms with van der Waals surface area (Å²) in [5.74, 6) is -0.389. The zero-order chi connectivity index (χ0) is 18.5. The number of nitrogens with zero attached hydrogens (tertiary/aromatic N) is 3. The van der Waals surface area contributed by atoms with Crippen LogP contribution < -0.4 is 10.6 Å². The Kier molecular flexibility index (Phi) is 5.26. The molecule has 0 spiro atoms. The van der Waals surface area contributed by atoms with Crippen LogP contribution in [0.3, 0.4) is 0 Å². The van der Waals surface area contributed by atoms with E-state index in [1.165, 1.54) is 6.20 Å². The molecule has 2 aromatic heterocycles. The Bertz CT molecular complexity index is 918. The van der Waals surface area contributed by atoms with Gasteiger partial charge in [0.15, 0.2) is 5.65 Å². The van der Waals surface area contributed by atoms with Crippen molar-refractivity contribution in [1.29, 1.82) is 0 Å². The van der Waals surface area contributed by atoms with E-state index >= 15 is 0 Å². The molecule has 2 heterocycles. The second kappa shape index (κ2) is 7.77. The second-order valence-corrected chi connectivity index (χ2v) is 6.22. The number of aromatic nitrogens is 3. The van der Waals surface area contributed by atoms with Gasteiger partial charge in [-0.2, -0.15) is 5.10 Å². The number of benzene rings is 1. The highest BCUT2D eigenvalue weighted by Crippen LogP contribution is 2.20. The standard InChI is InChI=1S/C19H21N5O2/c1-13(2)23-17(25)9-11-21-19(26)15-12-22-24-16(8-10-20-18(15)24)14-6-4-3-5-7-14/h3-8,10,12-13H,9,11H2,1-2H3,(H,21,26)(H,23,25). The monoisotopic (exact) mass is 351 g/mol. The SMILES string of the molecule is CC(C)NC(=O)CCNC(=O)c1cnn2c(-c3ccccc3)ccnc12. The van der Waals surface area contributed by atoms with Gasteiger partial charge in [0.1, 0.15) is 5.56 Å². The molecular formula is C19H21N5O2. The van der Waals surface area contributed by atoms with Gasteiger partial charge in [0.25, 0.3) is 5.91 Å². The summed E-state index contributed by atoms with van der Waals surface area (Å²) in [6.45, 7) is 4.05. The van der Waals surface area contributed by atoms with E-state index in [0.717, 1.165) is 11.3 Å². The lowest BCUT2D eigenvalue weighted by Gasteiger charge is -2.08. The van der Waals surface area contributed by atoms with Gasteiger partial charge in [-0.25, -0.2) is 9.50 Å². The summed E-state index contributed by atoms with van der Waals surface area (Å²) in [6, 6.07) is 11.7. The number of fused-ring (bicyclic) bond motifs is 1. The minimum Gasteiger partial charge on any atom is -0.354 e. The van der Waals surface area contributed by atoms with Crippen molar-refractivity contribution in [3.63, 3.8) is 0 Å². The predicted molar refractivity (Wildman–Crippen MR) is 98.7 cm³/mol. The fraction of sp³-hybridized carbons (Fsp3) is 0.263. The average Bonchev–Trinajstić information content (AvgIpc) is 3.06. The normalized spacial score (nSPS) is 10.9. The summed E-state index contributed by atoms with van der Waals surface area (Å²) in [7, 11) is 0. The molecule has 0 saturated heterocycles. The summed E-state index contributed by atoms with van der Waals surface area (Å²) < 4.78 is 1.65. The van der Waals surface area contributed by atoms with Crippen molar-refractivity contribution < 1.29 is 9.59 Å². The second-order valence-electron chi connectivity index (χ2n) is 6.22. The number of hydrogen-bond donors (Lipinski definition) is 2. The first-order valence-corrected chi connectivity index (χ1v) is 8.52. The Morgan fingerprint density at radius 1 is 1.15 bits per heavy atom. The zero-order valence-electron chi connectivity index (χ0n) is 14.8. The van der Waals surface area contributed by atoms with Crippen molar-refractivity contribution in [3.8, 4) is 11.3 Å². The third-order valence-electron chi connectivity index (χ3n) is 3.80. The van der Waals surface area contributed by atoms with Gasteiger partial charge in [-0.3, -0.25) is 9.59 Å². The highest BCUT2D eigenvalue weighted by Gasteiger charge is 2.16. The van der Waals surface area contributed by atoms with Crippen LogP contribution in [0.5, 0.6) is 0 Å². The molecule has 2 amide bonds. The van der Waals surface area contributed by atoms with Crippen LogP contribution >= 0.6 is 0 Å². The van der Waals surface area contributed by atoms with Gasteiger partial charge in [0.05, 0.1) is 11.9 Å². The summed E-state index contributed by atoms with van der Waals surface area (Å²) in [4.78, 5) is 28.4. The van der Waals surface area contributed by atoms with Gasteiger partial charge >= 0.3 is 0 Å². The van der Waals surface area contributed by atoms with Gasteiger partial charge < -0.3 is 10.6 Å². The van der Waals surface area contributed by atoms with E-state index in [1.807, 2.05) is 50.2 Å². The van der Waals surface area contributed by atoms with Crippen molar-refractivity contribution in [3.05, 3.63) is 54.4 Å². The lowest BCUT2D eigenvalue weighted by Crippen LogP contribution is -2.34. The molecule has 26 heavy (non-hydrogen) atoms. The number of carbonyl (C=O) groups is 2. The summed E-state index contributed by atoms with van der Waals surface area (Å²) in [6.07, 6.45) is 3.39. The van der Waals surface area contributed by atoms with Crippen LogP contribution in [0, 0.1) is 0 Å². The van der Waals surface area contributed by atoms with Crippen LogP contribution in [0.25, 0.3) is 16.9 Å². The van der Waals surface area contributed by atoms with Gasteiger partial charge in [0, 0.05) is 30.8 Å². The summed E-state index contributed by atoms with van der Waals surface area (Å²) in [5.41, 5.74) is 2.70. The third-order valence-corrected chi connectivity index (χ3v) is 3.80. The molecule has 0 fully saturated rings. The Morgan fingerprint density at radius 2 is 1.92 bits per heavy atom. The van der Waals surface area contributed by atoms with Gasteiger partial charge in [-0.1, -0.05) is 30.3 Å². The molecule has 7 nitrogen and oxygen atoms in total. The minimum atomic E-state index is -0.296. The minimum absolute atomic E-state index is 0.0819. The number of amides is 2. The van der Waals surface area contributed by atoms with Crippen LogP contribution in [0.15, 0.2) is 48.8 Å².